The maximum Gasteiger partial charge on any atom is 0.309 e. The second-order valence-corrected chi connectivity index (χ2v) is 12.5. The Morgan fingerprint density at radius 2 is 0.871 bits per heavy atom. The van der Waals surface area contributed by atoms with Crippen LogP contribution in [0.25, 0.3) is 0 Å². The Bertz CT molecular complexity index is 849. The minimum absolute atomic E-state index is 0.0265. The van der Waals surface area contributed by atoms with E-state index in [0.29, 0.717) is 19.3 Å². The van der Waals surface area contributed by atoms with Crippen molar-refractivity contribution in [3.05, 3.63) is 0 Å². The SMILES string of the molecule is O=C(O)C12CC3(C#CC45CC6CC(CC(C6)C4)C5)CC(C(=O)O)(C1)CC(C(=O)O)(C3)C2. The molecule has 8 aliphatic rings. The fraction of sp³-hybridized carbons (Fsp3) is 0.800. The van der Waals surface area contributed by atoms with E-state index in [4.69, 9.17) is 0 Å². The van der Waals surface area contributed by atoms with Crippen molar-refractivity contribution in [2.24, 2.45) is 44.8 Å². The number of hydrogen-bond acceptors (Lipinski definition) is 3. The molecule has 0 saturated heterocycles. The molecule has 3 N–H and O–H groups in total. The van der Waals surface area contributed by atoms with Gasteiger partial charge >= 0.3 is 17.9 Å². The molecule has 8 aliphatic carbocycles. The van der Waals surface area contributed by atoms with Gasteiger partial charge in [-0.15, -0.1) is 0 Å². The van der Waals surface area contributed by atoms with Crippen molar-refractivity contribution in [1.82, 2.24) is 0 Å². The van der Waals surface area contributed by atoms with E-state index in [1.807, 2.05) is 0 Å². The van der Waals surface area contributed by atoms with Gasteiger partial charge in [0.15, 0.2) is 0 Å². The summed E-state index contributed by atoms with van der Waals surface area (Å²) in [4.78, 5) is 37.3. The minimum Gasteiger partial charge on any atom is -0.481 e. The predicted octanol–water partition coefficient (Wildman–Crippen LogP) is 3.79. The first-order valence-electron chi connectivity index (χ1n) is 11.8. The molecule has 8 bridgehead atoms. The summed E-state index contributed by atoms with van der Waals surface area (Å²) in [5.74, 6) is 6.15. The summed E-state index contributed by atoms with van der Waals surface area (Å²) in [5.41, 5.74) is -4.76. The van der Waals surface area contributed by atoms with E-state index in [9.17, 15) is 29.7 Å². The Hall–Kier alpha value is -2.03. The lowest BCUT2D eigenvalue weighted by atomic mass is 9.35. The van der Waals surface area contributed by atoms with Crippen LogP contribution < -0.4 is 0 Å². The summed E-state index contributed by atoms with van der Waals surface area (Å²) in [7, 11) is 0. The van der Waals surface area contributed by atoms with Crippen LogP contribution >= 0.6 is 0 Å². The zero-order valence-corrected chi connectivity index (χ0v) is 17.8. The standard InChI is InChI=1S/C25H30O6/c26-18(27)23-9-22(2-1-21-6-15-3-16(7-21)5-17(4-15)8-21)10-24(12-23,19(28)29)14-25(11-22,13-23)20(30)31/h15-17H,3-14H2,(H,26,27)(H,28,29)(H,30,31). The van der Waals surface area contributed by atoms with E-state index in [-0.39, 0.29) is 24.7 Å². The highest BCUT2D eigenvalue weighted by Gasteiger charge is 2.74. The summed E-state index contributed by atoms with van der Waals surface area (Å²) in [6.45, 7) is 0. The number of aliphatic carboxylic acids is 3. The van der Waals surface area contributed by atoms with E-state index >= 15 is 0 Å². The fourth-order valence-electron chi connectivity index (χ4n) is 9.98. The van der Waals surface area contributed by atoms with Crippen LogP contribution in [-0.4, -0.2) is 33.2 Å². The Labute approximate surface area is 181 Å². The summed E-state index contributed by atoms with van der Waals surface area (Å²) >= 11 is 0. The summed E-state index contributed by atoms with van der Waals surface area (Å²) in [6, 6.07) is 0. The summed E-state index contributed by atoms with van der Waals surface area (Å²) in [6.07, 6.45) is 8.16. The predicted molar refractivity (Wildman–Crippen MR) is 109 cm³/mol. The van der Waals surface area contributed by atoms with Gasteiger partial charge in [0, 0.05) is 10.8 Å². The van der Waals surface area contributed by atoms with Gasteiger partial charge in [0.2, 0.25) is 0 Å². The first kappa shape index (κ1) is 19.6. The zero-order chi connectivity index (χ0) is 21.9. The average Bonchev–Trinajstić information content (AvgIpc) is 2.64. The molecule has 166 valence electrons. The van der Waals surface area contributed by atoms with Crippen LogP contribution in [0, 0.1) is 56.7 Å². The molecule has 31 heavy (non-hydrogen) atoms. The Balaban J connectivity index is 1.45. The second kappa shape index (κ2) is 5.66. The van der Waals surface area contributed by atoms with Gasteiger partial charge in [0.25, 0.3) is 0 Å². The molecule has 0 unspecified atom stereocenters. The first-order chi connectivity index (χ1) is 14.5. The molecule has 0 aromatic rings. The van der Waals surface area contributed by atoms with Crippen LogP contribution in [0.15, 0.2) is 0 Å². The Kier molecular flexibility index (Phi) is 3.58. The number of carboxylic acid groups (broad SMARTS) is 3. The van der Waals surface area contributed by atoms with Gasteiger partial charge in [0.05, 0.1) is 16.2 Å². The molecule has 8 rings (SSSR count). The fourth-order valence-corrected chi connectivity index (χ4v) is 9.98. The third-order valence-corrected chi connectivity index (χ3v) is 10.1. The van der Waals surface area contributed by atoms with Crippen molar-refractivity contribution < 1.29 is 29.7 Å². The molecule has 0 aromatic carbocycles. The lowest BCUT2D eigenvalue weighted by Gasteiger charge is -2.65. The quantitative estimate of drug-likeness (QED) is 0.592. The molecular formula is C25H30O6. The van der Waals surface area contributed by atoms with E-state index in [0.717, 1.165) is 37.0 Å². The minimum atomic E-state index is -1.30. The van der Waals surface area contributed by atoms with Gasteiger partial charge in [-0.1, -0.05) is 11.8 Å². The smallest absolute Gasteiger partial charge is 0.309 e. The maximum absolute atomic E-state index is 12.4. The monoisotopic (exact) mass is 426 g/mol. The number of carboxylic acids is 3. The highest BCUT2D eigenvalue weighted by atomic mass is 16.4. The highest BCUT2D eigenvalue weighted by molar-refractivity contribution is 5.86. The van der Waals surface area contributed by atoms with E-state index in [1.54, 1.807) is 0 Å². The molecule has 8 fully saturated rings. The number of hydrogen-bond donors (Lipinski definition) is 3. The summed E-state index contributed by atoms with van der Waals surface area (Å²) in [5, 5.41) is 30.4. The van der Waals surface area contributed by atoms with Crippen molar-refractivity contribution in [2.75, 3.05) is 0 Å². The van der Waals surface area contributed by atoms with Crippen molar-refractivity contribution in [3.8, 4) is 11.8 Å². The van der Waals surface area contributed by atoms with E-state index in [2.05, 4.69) is 11.8 Å². The first-order valence-corrected chi connectivity index (χ1v) is 11.8. The molecule has 0 aliphatic heterocycles. The topological polar surface area (TPSA) is 112 Å². The average molecular weight is 427 g/mol. The number of rotatable bonds is 3. The molecular weight excluding hydrogens is 396 g/mol. The molecule has 6 heteroatoms. The van der Waals surface area contributed by atoms with Gasteiger partial charge in [-0.05, 0) is 94.8 Å². The lowest BCUT2D eigenvalue weighted by molar-refractivity contribution is -0.217. The van der Waals surface area contributed by atoms with Crippen LogP contribution in [0.1, 0.15) is 77.0 Å². The van der Waals surface area contributed by atoms with Crippen LogP contribution in [-0.2, 0) is 14.4 Å². The summed E-state index contributed by atoms with van der Waals surface area (Å²) < 4.78 is 0. The van der Waals surface area contributed by atoms with Gasteiger partial charge in [-0.25, -0.2) is 0 Å². The number of carbonyl (C=O) groups is 3. The van der Waals surface area contributed by atoms with Crippen molar-refractivity contribution in [1.29, 1.82) is 0 Å². The van der Waals surface area contributed by atoms with Crippen LogP contribution in [0.5, 0.6) is 0 Å². The molecule has 0 radical (unpaired) electrons. The highest BCUT2D eigenvalue weighted by Crippen LogP contribution is 2.74. The Morgan fingerprint density at radius 1 is 0.548 bits per heavy atom. The molecule has 6 nitrogen and oxygen atoms in total. The largest absolute Gasteiger partial charge is 0.481 e. The molecule has 0 heterocycles. The molecule has 0 aromatic heterocycles. The third kappa shape index (κ3) is 2.55. The molecule has 8 saturated carbocycles. The van der Waals surface area contributed by atoms with Crippen LogP contribution in [0.3, 0.4) is 0 Å². The third-order valence-electron chi connectivity index (χ3n) is 10.1. The van der Waals surface area contributed by atoms with E-state index < -0.39 is 39.6 Å². The van der Waals surface area contributed by atoms with E-state index in [1.165, 1.54) is 19.3 Å². The van der Waals surface area contributed by atoms with Gasteiger partial charge in [-0.2, -0.15) is 0 Å². The van der Waals surface area contributed by atoms with Crippen molar-refractivity contribution >= 4 is 17.9 Å². The zero-order valence-electron chi connectivity index (χ0n) is 17.8. The van der Waals surface area contributed by atoms with Gasteiger partial charge < -0.3 is 15.3 Å². The van der Waals surface area contributed by atoms with Gasteiger partial charge in [0.1, 0.15) is 0 Å². The normalized spacial score (nSPS) is 53.1. The van der Waals surface area contributed by atoms with Crippen LogP contribution in [0.2, 0.25) is 0 Å². The maximum atomic E-state index is 12.4. The molecule has 0 atom stereocenters. The second-order valence-electron chi connectivity index (χ2n) is 12.5. The molecule has 0 spiro atoms. The lowest BCUT2D eigenvalue weighted by Crippen LogP contribution is -2.66. The van der Waals surface area contributed by atoms with Crippen LogP contribution in [0.4, 0.5) is 0 Å². The Morgan fingerprint density at radius 3 is 1.19 bits per heavy atom. The van der Waals surface area contributed by atoms with Crippen molar-refractivity contribution in [3.63, 3.8) is 0 Å². The van der Waals surface area contributed by atoms with Crippen molar-refractivity contribution in [2.45, 2.75) is 77.0 Å². The van der Waals surface area contributed by atoms with Gasteiger partial charge in [-0.3, -0.25) is 14.4 Å². The molecule has 0 amide bonds.